The fourth-order valence-electron chi connectivity index (χ4n) is 1.46. The fourth-order valence-corrected chi connectivity index (χ4v) is 2.17. The van der Waals surface area contributed by atoms with Gasteiger partial charge in [0.1, 0.15) is 6.04 Å². The molecule has 0 spiro atoms. The molecule has 0 saturated heterocycles. The molecule has 0 bridgehead atoms. The molecular weight excluding hydrogens is 295 g/mol. The summed E-state index contributed by atoms with van der Waals surface area (Å²) in [6.45, 7) is 0. The van der Waals surface area contributed by atoms with Gasteiger partial charge in [-0.1, -0.05) is 24.3 Å². The molecule has 0 amide bonds. The zero-order valence-corrected chi connectivity index (χ0v) is 11.4. The molecule has 1 unspecified atom stereocenters. The Kier molecular flexibility index (Phi) is 4.99. The van der Waals surface area contributed by atoms with Crippen molar-refractivity contribution in [3.8, 4) is 0 Å². The highest BCUT2D eigenvalue weighted by molar-refractivity contribution is 7.53. The fraction of sp³-hybridized carbons (Fsp3) is 0.364. The lowest BCUT2D eigenvalue weighted by Crippen LogP contribution is -2.32. The van der Waals surface area contributed by atoms with Gasteiger partial charge >= 0.3 is 19.2 Å². The summed E-state index contributed by atoms with van der Waals surface area (Å²) in [5.41, 5.74) is 0.989. The molecule has 20 heavy (non-hydrogen) atoms. The molecule has 1 aromatic carbocycles. The lowest BCUT2D eigenvalue weighted by Gasteiger charge is -2.21. The predicted octanol–water partition coefficient (Wildman–Crippen LogP) is 1.52. The Labute approximate surface area is 113 Å². The summed E-state index contributed by atoms with van der Waals surface area (Å²) in [6, 6.07) is 3.17. The monoisotopic (exact) mass is 309 g/mol. The summed E-state index contributed by atoms with van der Waals surface area (Å²) in [5.74, 6) is -1.21. The Bertz CT molecular complexity index is 534. The van der Waals surface area contributed by atoms with Gasteiger partial charge in [-0.2, -0.15) is 8.78 Å². The first-order valence-corrected chi connectivity index (χ1v) is 7.04. The quantitative estimate of drug-likeness (QED) is 0.687. The maximum atomic E-state index is 13.7. The number of halogens is 2. The van der Waals surface area contributed by atoms with Gasteiger partial charge in [0.15, 0.2) is 0 Å². The maximum Gasteiger partial charge on any atom is 0.401 e. The second kappa shape index (κ2) is 5.97. The molecule has 0 heterocycles. The van der Waals surface area contributed by atoms with Gasteiger partial charge < -0.3 is 20.3 Å². The summed E-state index contributed by atoms with van der Waals surface area (Å²) in [7, 11) is -4.39. The number of hydrogen-bond donors (Lipinski definition) is 3. The van der Waals surface area contributed by atoms with Gasteiger partial charge in [-0.25, -0.2) is 0 Å². The third kappa shape index (κ3) is 3.40. The van der Waals surface area contributed by atoms with E-state index in [0.29, 0.717) is 5.56 Å². The van der Waals surface area contributed by atoms with Crippen molar-refractivity contribution in [3.63, 3.8) is 0 Å². The van der Waals surface area contributed by atoms with E-state index in [0.717, 1.165) is 19.2 Å². The van der Waals surface area contributed by atoms with Crippen molar-refractivity contribution >= 4 is 13.6 Å². The van der Waals surface area contributed by atoms with Crippen molar-refractivity contribution in [2.45, 2.75) is 18.1 Å². The average Bonchev–Trinajstić information content (AvgIpc) is 2.38. The van der Waals surface area contributed by atoms with E-state index in [2.05, 4.69) is 4.52 Å². The van der Waals surface area contributed by atoms with Crippen LogP contribution in [-0.2, 0) is 26.0 Å². The molecule has 9 heteroatoms. The molecule has 1 rings (SSSR count). The van der Waals surface area contributed by atoms with E-state index in [4.69, 9.17) is 15.7 Å². The predicted molar refractivity (Wildman–Crippen MR) is 66.5 cm³/mol. The van der Waals surface area contributed by atoms with E-state index in [9.17, 15) is 18.1 Å². The number of nitrogens with two attached hydrogens (primary N) is 1. The van der Waals surface area contributed by atoms with Crippen molar-refractivity contribution in [3.05, 3.63) is 35.4 Å². The number of carboxylic acids is 1. The summed E-state index contributed by atoms with van der Waals surface area (Å²) >= 11 is 0. The Hall–Kier alpha value is -1.34. The van der Waals surface area contributed by atoms with E-state index in [1.165, 1.54) is 12.1 Å². The van der Waals surface area contributed by atoms with Gasteiger partial charge in [-0.05, 0) is 12.0 Å². The average molecular weight is 309 g/mol. The molecule has 0 aromatic heterocycles. The zero-order valence-electron chi connectivity index (χ0n) is 10.5. The van der Waals surface area contributed by atoms with E-state index in [-0.39, 0.29) is 6.42 Å². The molecule has 0 aliphatic heterocycles. The Morgan fingerprint density at radius 2 is 1.95 bits per heavy atom. The van der Waals surface area contributed by atoms with E-state index in [1.807, 2.05) is 0 Å². The van der Waals surface area contributed by atoms with Crippen LogP contribution in [0.25, 0.3) is 0 Å². The second-order valence-corrected chi connectivity index (χ2v) is 6.06. The summed E-state index contributed by atoms with van der Waals surface area (Å²) < 4.78 is 42.6. The number of carbonyl (C=O) groups is 1. The highest BCUT2D eigenvalue weighted by Crippen LogP contribution is 2.62. The van der Waals surface area contributed by atoms with E-state index in [1.54, 1.807) is 0 Å². The van der Waals surface area contributed by atoms with Crippen LogP contribution in [0.2, 0.25) is 0 Å². The standard InChI is InChI=1S/C11H14F2NO5P/c1-19-20(17,18)11(12,13)8-4-2-7(3-5-8)6-9(14)10(15)16/h2-5,9H,6,14H2,1H3,(H,15,16)(H,17,18)/t9-/m0/s1. The van der Waals surface area contributed by atoms with Crippen LogP contribution in [0.15, 0.2) is 24.3 Å². The number of carboxylic acid groups (broad SMARTS) is 1. The second-order valence-electron chi connectivity index (χ2n) is 4.09. The lowest BCUT2D eigenvalue weighted by molar-refractivity contribution is -0.138. The van der Waals surface area contributed by atoms with Crippen molar-refractivity contribution in [1.29, 1.82) is 0 Å². The summed E-state index contributed by atoms with van der Waals surface area (Å²) in [4.78, 5) is 19.6. The third-order valence-corrected chi connectivity index (χ3v) is 4.14. The molecule has 1 aromatic rings. The minimum absolute atomic E-state index is 0.0394. The van der Waals surface area contributed by atoms with E-state index >= 15 is 0 Å². The molecule has 0 aliphatic carbocycles. The van der Waals surface area contributed by atoms with Gasteiger partial charge in [-0.3, -0.25) is 9.36 Å². The van der Waals surface area contributed by atoms with Gasteiger partial charge in [-0.15, -0.1) is 0 Å². The summed E-state index contributed by atoms with van der Waals surface area (Å²) in [5, 5.41) is 8.63. The number of benzene rings is 1. The van der Waals surface area contributed by atoms with Crippen LogP contribution in [-0.4, -0.2) is 29.1 Å². The minimum atomic E-state index is -5.11. The highest BCUT2D eigenvalue weighted by Gasteiger charge is 2.51. The van der Waals surface area contributed by atoms with Crippen molar-refractivity contribution < 1.29 is 32.7 Å². The number of aliphatic carboxylic acids is 1. The largest absolute Gasteiger partial charge is 0.480 e. The molecular formula is C11H14F2NO5P. The molecule has 112 valence electrons. The van der Waals surface area contributed by atoms with Crippen LogP contribution in [0.3, 0.4) is 0 Å². The van der Waals surface area contributed by atoms with Gasteiger partial charge in [0.2, 0.25) is 0 Å². The van der Waals surface area contributed by atoms with Gasteiger partial charge in [0.05, 0.1) is 0 Å². The van der Waals surface area contributed by atoms with Crippen LogP contribution >= 0.6 is 7.60 Å². The Morgan fingerprint density at radius 1 is 1.45 bits per heavy atom. The molecule has 4 N–H and O–H groups in total. The number of alkyl halides is 2. The Morgan fingerprint density at radius 3 is 2.35 bits per heavy atom. The van der Waals surface area contributed by atoms with E-state index < -0.39 is 30.8 Å². The molecule has 0 saturated carbocycles. The third-order valence-electron chi connectivity index (χ3n) is 2.68. The molecule has 2 atom stereocenters. The molecule has 0 fully saturated rings. The Balaban J connectivity index is 2.97. The zero-order chi connectivity index (χ0) is 15.6. The van der Waals surface area contributed by atoms with Gasteiger partial charge in [0.25, 0.3) is 0 Å². The molecule has 0 aliphatic rings. The van der Waals surface area contributed by atoms with Crippen LogP contribution in [0.1, 0.15) is 11.1 Å². The summed E-state index contributed by atoms with van der Waals surface area (Å²) in [6.07, 6.45) is -0.0394. The molecule has 0 radical (unpaired) electrons. The first-order chi connectivity index (χ1) is 9.11. The van der Waals surface area contributed by atoms with Gasteiger partial charge in [0, 0.05) is 12.7 Å². The topological polar surface area (TPSA) is 110 Å². The number of hydrogen-bond acceptors (Lipinski definition) is 4. The molecule has 6 nitrogen and oxygen atoms in total. The highest BCUT2D eigenvalue weighted by atomic mass is 31.2. The van der Waals surface area contributed by atoms with Crippen LogP contribution in [0.5, 0.6) is 0 Å². The normalized spacial score (nSPS) is 16.4. The minimum Gasteiger partial charge on any atom is -0.480 e. The van der Waals surface area contributed by atoms with Crippen molar-refractivity contribution in [1.82, 2.24) is 0 Å². The maximum absolute atomic E-state index is 13.7. The number of rotatable bonds is 6. The van der Waals surface area contributed by atoms with Crippen molar-refractivity contribution in [2.75, 3.05) is 7.11 Å². The first kappa shape index (κ1) is 16.7. The lowest BCUT2D eigenvalue weighted by atomic mass is 10.0. The van der Waals surface area contributed by atoms with Crippen LogP contribution in [0.4, 0.5) is 8.78 Å². The smallest absolute Gasteiger partial charge is 0.401 e. The van der Waals surface area contributed by atoms with Crippen molar-refractivity contribution in [2.24, 2.45) is 5.73 Å². The SMILES string of the molecule is COP(=O)(O)C(F)(F)c1ccc(C[C@H](N)C(=O)O)cc1. The van der Waals surface area contributed by atoms with Crippen LogP contribution < -0.4 is 5.73 Å². The first-order valence-electron chi connectivity index (χ1n) is 5.46. The van der Waals surface area contributed by atoms with Crippen LogP contribution in [0, 0.1) is 0 Å².